The summed E-state index contributed by atoms with van der Waals surface area (Å²) in [5, 5.41) is 18.8. The molecule has 0 aliphatic carbocycles. The van der Waals surface area contributed by atoms with Crippen molar-refractivity contribution in [2.45, 2.75) is 13.0 Å². The fourth-order valence-electron chi connectivity index (χ4n) is 2.96. The zero-order valence-electron chi connectivity index (χ0n) is 13.6. The first kappa shape index (κ1) is 15.5. The molecule has 2 aromatic heterocycles. The van der Waals surface area contributed by atoms with Crippen molar-refractivity contribution in [2.24, 2.45) is 0 Å². The fourth-order valence-corrected chi connectivity index (χ4v) is 2.96. The normalized spacial score (nSPS) is 12.6. The van der Waals surface area contributed by atoms with Gasteiger partial charge in [-0.15, -0.1) is 0 Å². The van der Waals surface area contributed by atoms with Gasteiger partial charge in [-0.1, -0.05) is 30.3 Å². The Balaban J connectivity index is 1.70. The first-order valence-corrected chi connectivity index (χ1v) is 8.05. The number of fused-ring (bicyclic) bond motifs is 3. The molecule has 2 aromatic carbocycles. The summed E-state index contributed by atoms with van der Waals surface area (Å²) in [5.74, 6) is 0.217. The molecular formula is C19H17FN4O. The second-order valence-electron chi connectivity index (χ2n) is 5.95. The predicted octanol–water partition coefficient (Wildman–Crippen LogP) is 3.48. The molecule has 4 rings (SSSR count). The lowest BCUT2D eigenvalue weighted by atomic mass is 10.1. The third-order valence-electron chi connectivity index (χ3n) is 4.15. The predicted molar refractivity (Wildman–Crippen MR) is 95.1 cm³/mol. The van der Waals surface area contributed by atoms with E-state index in [1.165, 1.54) is 6.07 Å². The van der Waals surface area contributed by atoms with Crippen LogP contribution in [0, 0.1) is 12.7 Å². The summed E-state index contributed by atoms with van der Waals surface area (Å²) in [7, 11) is 0. The Morgan fingerprint density at radius 3 is 2.76 bits per heavy atom. The van der Waals surface area contributed by atoms with Crippen LogP contribution in [0.1, 0.15) is 17.4 Å². The van der Waals surface area contributed by atoms with Crippen LogP contribution in [-0.2, 0) is 0 Å². The molecule has 2 N–H and O–H groups in total. The highest BCUT2D eigenvalue weighted by molar-refractivity contribution is 5.91. The summed E-state index contributed by atoms with van der Waals surface area (Å²) in [6.07, 6.45) is -0.968. The third-order valence-corrected chi connectivity index (χ3v) is 4.15. The number of aliphatic hydroxyl groups is 1. The second-order valence-corrected chi connectivity index (χ2v) is 5.95. The number of rotatable bonds is 4. The Hall–Kier alpha value is -2.99. The van der Waals surface area contributed by atoms with Crippen LogP contribution in [0.15, 0.2) is 54.6 Å². The number of nitrogens with one attached hydrogen (secondary N) is 1. The van der Waals surface area contributed by atoms with E-state index in [-0.39, 0.29) is 12.1 Å². The first-order valence-electron chi connectivity index (χ1n) is 8.05. The number of para-hydroxylation sites is 1. The molecule has 126 valence electrons. The van der Waals surface area contributed by atoms with E-state index < -0.39 is 11.9 Å². The largest absolute Gasteiger partial charge is 0.386 e. The highest BCUT2D eigenvalue weighted by Crippen LogP contribution is 2.24. The van der Waals surface area contributed by atoms with Gasteiger partial charge in [0.15, 0.2) is 5.65 Å². The summed E-state index contributed by atoms with van der Waals surface area (Å²) >= 11 is 0. The number of halogens is 1. The van der Waals surface area contributed by atoms with Crippen LogP contribution in [0.2, 0.25) is 0 Å². The molecular weight excluding hydrogens is 319 g/mol. The Morgan fingerprint density at radius 2 is 1.92 bits per heavy atom. The molecule has 2 heterocycles. The minimum Gasteiger partial charge on any atom is -0.386 e. The summed E-state index contributed by atoms with van der Waals surface area (Å²) in [6, 6.07) is 15.9. The van der Waals surface area contributed by atoms with E-state index in [2.05, 4.69) is 15.4 Å². The number of benzene rings is 2. The van der Waals surface area contributed by atoms with Crippen molar-refractivity contribution in [3.05, 3.63) is 71.7 Å². The summed E-state index contributed by atoms with van der Waals surface area (Å²) in [5.41, 5.74) is 2.78. The summed E-state index contributed by atoms with van der Waals surface area (Å²) < 4.78 is 15.6. The quantitative estimate of drug-likeness (QED) is 0.599. The molecule has 4 aromatic rings. The van der Waals surface area contributed by atoms with Crippen molar-refractivity contribution < 1.29 is 9.50 Å². The maximum absolute atomic E-state index is 13.8. The molecule has 0 saturated heterocycles. The molecule has 5 nitrogen and oxygen atoms in total. The molecule has 0 amide bonds. The molecule has 1 atom stereocenters. The number of aryl methyl sites for hydroxylation is 1. The van der Waals surface area contributed by atoms with Gasteiger partial charge in [-0.3, -0.25) is 0 Å². The maximum atomic E-state index is 13.8. The Labute approximate surface area is 143 Å². The lowest BCUT2D eigenvalue weighted by Gasteiger charge is -2.15. The van der Waals surface area contributed by atoms with Gasteiger partial charge in [-0.2, -0.15) is 5.10 Å². The van der Waals surface area contributed by atoms with Crippen LogP contribution in [-0.4, -0.2) is 26.2 Å². The minimum absolute atomic E-state index is 0.154. The topological polar surface area (TPSA) is 62.5 Å². The molecule has 0 radical (unpaired) electrons. The van der Waals surface area contributed by atoms with Crippen molar-refractivity contribution in [3.63, 3.8) is 0 Å². The van der Waals surface area contributed by atoms with Gasteiger partial charge in [0, 0.05) is 23.6 Å². The van der Waals surface area contributed by atoms with Crippen LogP contribution in [0.5, 0.6) is 0 Å². The Kier molecular flexibility index (Phi) is 3.82. The molecule has 0 aliphatic heterocycles. The second kappa shape index (κ2) is 6.14. The number of anilines is 1. The van der Waals surface area contributed by atoms with Crippen molar-refractivity contribution in [3.8, 4) is 0 Å². The van der Waals surface area contributed by atoms with Crippen molar-refractivity contribution in [1.29, 1.82) is 0 Å². The molecule has 6 heteroatoms. The van der Waals surface area contributed by atoms with Crippen LogP contribution in [0.25, 0.3) is 16.6 Å². The van der Waals surface area contributed by atoms with Gasteiger partial charge in [0.25, 0.3) is 0 Å². The van der Waals surface area contributed by atoms with Crippen molar-refractivity contribution in [2.75, 3.05) is 11.9 Å². The molecule has 0 unspecified atom stereocenters. The molecule has 0 aliphatic rings. The average Bonchev–Trinajstić information content (AvgIpc) is 3.00. The van der Waals surface area contributed by atoms with Crippen LogP contribution in [0.3, 0.4) is 0 Å². The number of aromatic nitrogens is 3. The minimum atomic E-state index is -0.968. The monoisotopic (exact) mass is 336 g/mol. The van der Waals surface area contributed by atoms with E-state index in [1.807, 2.05) is 37.3 Å². The summed E-state index contributed by atoms with van der Waals surface area (Å²) in [4.78, 5) is 4.60. The summed E-state index contributed by atoms with van der Waals surface area (Å²) in [6.45, 7) is 2.07. The third kappa shape index (κ3) is 2.81. The highest BCUT2D eigenvalue weighted by atomic mass is 19.1. The maximum Gasteiger partial charge on any atom is 0.158 e. The Morgan fingerprint density at radius 1 is 1.16 bits per heavy atom. The van der Waals surface area contributed by atoms with Gasteiger partial charge >= 0.3 is 0 Å². The van der Waals surface area contributed by atoms with Gasteiger partial charge in [0.1, 0.15) is 11.6 Å². The van der Waals surface area contributed by atoms with E-state index in [0.717, 1.165) is 22.2 Å². The van der Waals surface area contributed by atoms with E-state index in [0.29, 0.717) is 5.82 Å². The van der Waals surface area contributed by atoms with Crippen molar-refractivity contribution >= 4 is 22.4 Å². The lowest BCUT2D eigenvalue weighted by molar-refractivity contribution is 0.186. The van der Waals surface area contributed by atoms with Gasteiger partial charge in [0.2, 0.25) is 0 Å². The van der Waals surface area contributed by atoms with Gasteiger partial charge in [-0.05, 0) is 25.1 Å². The van der Waals surface area contributed by atoms with Crippen LogP contribution >= 0.6 is 0 Å². The van der Waals surface area contributed by atoms with Crippen molar-refractivity contribution in [1.82, 2.24) is 14.6 Å². The SMILES string of the molecule is Cc1cc2nc(NC[C@@H](O)c3ccccc3F)c3ccccc3n2n1. The number of hydrogen-bond donors (Lipinski definition) is 2. The lowest BCUT2D eigenvalue weighted by Crippen LogP contribution is -2.15. The molecule has 0 fully saturated rings. The number of aliphatic hydroxyl groups excluding tert-OH is 1. The van der Waals surface area contributed by atoms with E-state index in [4.69, 9.17) is 0 Å². The molecule has 25 heavy (non-hydrogen) atoms. The first-order chi connectivity index (χ1) is 12.1. The van der Waals surface area contributed by atoms with Crippen LogP contribution < -0.4 is 5.32 Å². The highest BCUT2D eigenvalue weighted by Gasteiger charge is 2.14. The average molecular weight is 336 g/mol. The number of nitrogens with zero attached hydrogens (tertiary/aromatic N) is 3. The zero-order valence-corrected chi connectivity index (χ0v) is 13.6. The molecule has 0 saturated carbocycles. The smallest absolute Gasteiger partial charge is 0.158 e. The fraction of sp³-hybridized carbons (Fsp3) is 0.158. The Bertz CT molecular complexity index is 1060. The number of hydrogen-bond acceptors (Lipinski definition) is 4. The van der Waals surface area contributed by atoms with Gasteiger partial charge in [-0.25, -0.2) is 13.9 Å². The van der Waals surface area contributed by atoms with Crippen LogP contribution in [0.4, 0.5) is 10.2 Å². The van der Waals surface area contributed by atoms with E-state index >= 15 is 0 Å². The molecule has 0 bridgehead atoms. The molecule has 0 spiro atoms. The van der Waals surface area contributed by atoms with Gasteiger partial charge in [0.05, 0.1) is 17.3 Å². The standard InChI is InChI=1S/C19H17FN4O/c1-12-10-18-22-19(14-7-3-5-9-16(14)24(18)23-12)21-11-17(25)13-6-2-4-8-15(13)20/h2-10,17,25H,11H2,1H3,(H,21,22)/t17-/m1/s1. The zero-order chi connectivity index (χ0) is 17.4. The van der Waals surface area contributed by atoms with E-state index in [1.54, 1.807) is 22.7 Å². The van der Waals surface area contributed by atoms with Gasteiger partial charge < -0.3 is 10.4 Å². The van der Waals surface area contributed by atoms with E-state index in [9.17, 15) is 9.50 Å².